The molecule has 0 radical (unpaired) electrons. The Morgan fingerprint density at radius 3 is 2.18 bits per heavy atom. The van der Waals surface area contributed by atoms with E-state index in [4.69, 9.17) is 11.6 Å². The van der Waals surface area contributed by atoms with E-state index >= 15 is 0 Å². The Morgan fingerprint density at radius 1 is 0.679 bits per heavy atom. The largest absolute Gasteiger partial charge is 0.256 e. The molecule has 0 aliphatic rings. The standard InChI is InChI=1S/C26H20N2/c1-18-12-13-23(27-3)16-24(18)25-17-28-26(14-19(25)2)22-11-7-10-21(15-22)20-8-5-4-6-9-20/h4-17H,1-2H3. The van der Waals surface area contributed by atoms with E-state index in [9.17, 15) is 0 Å². The summed E-state index contributed by atoms with van der Waals surface area (Å²) in [5.74, 6) is 0. The molecule has 2 nitrogen and oxygen atoms in total. The Bertz CT molecular complexity index is 1180. The van der Waals surface area contributed by atoms with Gasteiger partial charge in [-0.2, -0.15) is 0 Å². The van der Waals surface area contributed by atoms with Crippen molar-refractivity contribution in [2.75, 3.05) is 0 Å². The highest BCUT2D eigenvalue weighted by Crippen LogP contribution is 2.32. The van der Waals surface area contributed by atoms with Crippen LogP contribution in [0.15, 0.2) is 85.1 Å². The normalized spacial score (nSPS) is 10.5. The molecule has 3 aromatic carbocycles. The predicted molar refractivity (Wildman–Crippen MR) is 116 cm³/mol. The molecule has 0 unspecified atom stereocenters. The molecule has 0 bridgehead atoms. The van der Waals surface area contributed by atoms with Crippen LogP contribution < -0.4 is 0 Å². The van der Waals surface area contributed by atoms with Gasteiger partial charge in [0.2, 0.25) is 0 Å². The third kappa shape index (κ3) is 3.43. The lowest BCUT2D eigenvalue weighted by molar-refractivity contribution is 1.28. The fraction of sp³-hybridized carbons (Fsp3) is 0.0769. The van der Waals surface area contributed by atoms with Crippen LogP contribution in [-0.4, -0.2) is 4.98 Å². The van der Waals surface area contributed by atoms with E-state index in [0.717, 1.165) is 33.5 Å². The average Bonchev–Trinajstić information content (AvgIpc) is 2.75. The molecule has 0 fully saturated rings. The molecule has 0 amide bonds. The minimum absolute atomic E-state index is 0.652. The maximum absolute atomic E-state index is 7.27. The van der Waals surface area contributed by atoms with Crippen molar-refractivity contribution >= 4 is 5.69 Å². The van der Waals surface area contributed by atoms with Gasteiger partial charge in [0.15, 0.2) is 5.69 Å². The van der Waals surface area contributed by atoms with Crippen molar-refractivity contribution in [2.45, 2.75) is 13.8 Å². The Balaban J connectivity index is 1.74. The van der Waals surface area contributed by atoms with Crippen LogP contribution in [0.1, 0.15) is 11.1 Å². The summed E-state index contributed by atoms with van der Waals surface area (Å²) in [5.41, 5.74) is 9.54. The van der Waals surface area contributed by atoms with Crippen molar-refractivity contribution in [1.82, 2.24) is 4.98 Å². The molecule has 4 aromatic rings. The first-order valence-electron chi connectivity index (χ1n) is 9.27. The first-order valence-corrected chi connectivity index (χ1v) is 9.27. The summed E-state index contributed by atoms with van der Waals surface area (Å²) in [7, 11) is 0. The molecule has 28 heavy (non-hydrogen) atoms. The van der Waals surface area contributed by atoms with Gasteiger partial charge in [-0.1, -0.05) is 60.7 Å². The number of aromatic nitrogens is 1. The third-order valence-electron chi connectivity index (χ3n) is 5.02. The Kier molecular flexibility index (Phi) is 4.74. The van der Waals surface area contributed by atoms with Crippen LogP contribution in [0.25, 0.3) is 38.4 Å². The lowest BCUT2D eigenvalue weighted by atomic mass is 9.96. The van der Waals surface area contributed by atoms with Crippen molar-refractivity contribution in [3.63, 3.8) is 0 Å². The van der Waals surface area contributed by atoms with Gasteiger partial charge in [0, 0.05) is 17.3 Å². The van der Waals surface area contributed by atoms with Crippen molar-refractivity contribution in [3.05, 3.63) is 108 Å². The van der Waals surface area contributed by atoms with Crippen LogP contribution >= 0.6 is 0 Å². The van der Waals surface area contributed by atoms with Gasteiger partial charge < -0.3 is 0 Å². The lowest BCUT2D eigenvalue weighted by Crippen LogP contribution is -1.92. The van der Waals surface area contributed by atoms with Gasteiger partial charge >= 0.3 is 0 Å². The van der Waals surface area contributed by atoms with Crippen molar-refractivity contribution in [3.8, 4) is 33.5 Å². The quantitative estimate of drug-likeness (QED) is 0.352. The molecule has 1 aromatic heterocycles. The highest BCUT2D eigenvalue weighted by Gasteiger charge is 2.10. The van der Waals surface area contributed by atoms with Crippen molar-refractivity contribution in [1.29, 1.82) is 0 Å². The van der Waals surface area contributed by atoms with Crippen molar-refractivity contribution < 1.29 is 0 Å². The van der Waals surface area contributed by atoms with Crippen LogP contribution in [0.3, 0.4) is 0 Å². The molecule has 0 aliphatic heterocycles. The Morgan fingerprint density at radius 2 is 1.43 bits per heavy atom. The molecule has 4 rings (SSSR count). The first kappa shape index (κ1) is 17.7. The summed E-state index contributed by atoms with van der Waals surface area (Å²) in [4.78, 5) is 8.30. The maximum Gasteiger partial charge on any atom is 0.187 e. The zero-order valence-corrected chi connectivity index (χ0v) is 16.0. The van der Waals surface area contributed by atoms with E-state index in [-0.39, 0.29) is 0 Å². The summed E-state index contributed by atoms with van der Waals surface area (Å²) >= 11 is 0. The second kappa shape index (κ2) is 7.50. The molecular formula is C26H20N2. The highest BCUT2D eigenvalue weighted by atomic mass is 14.7. The van der Waals surface area contributed by atoms with Crippen LogP contribution in [0.2, 0.25) is 0 Å². The lowest BCUT2D eigenvalue weighted by Gasteiger charge is -2.12. The topological polar surface area (TPSA) is 17.2 Å². The summed E-state index contributed by atoms with van der Waals surface area (Å²) in [6.45, 7) is 11.4. The van der Waals surface area contributed by atoms with Gasteiger partial charge in [-0.25, -0.2) is 4.85 Å². The number of aryl methyl sites for hydroxylation is 2. The molecule has 1 heterocycles. The van der Waals surface area contributed by atoms with Crippen LogP contribution in [0, 0.1) is 20.4 Å². The van der Waals surface area contributed by atoms with E-state index in [1.54, 1.807) is 0 Å². The third-order valence-corrected chi connectivity index (χ3v) is 5.02. The number of nitrogens with zero attached hydrogens (tertiary/aromatic N) is 2. The van der Waals surface area contributed by atoms with Gasteiger partial charge in [-0.3, -0.25) is 4.98 Å². The maximum atomic E-state index is 7.27. The van der Waals surface area contributed by atoms with Gasteiger partial charge in [-0.15, -0.1) is 0 Å². The monoisotopic (exact) mass is 360 g/mol. The zero-order chi connectivity index (χ0) is 19.5. The number of hydrogen-bond acceptors (Lipinski definition) is 1. The van der Waals surface area contributed by atoms with E-state index in [0.29, 0.717) is 5.69 Å². The SMILES string of the molecule is [C-]#[N+]c1ccc(C)c(-c2cnc(-c3cccc(-c4ccccc4)c3)cc2C)c1. The van der Waals surface area contributed by atoms with E-state index < -0.39 is 0 Å². The number of rotatable bonds is 3. The smallest absolute Gasteiger partial charge is 0.187 e. The number of pyridine rings is 1. The van der Waals surface area contributed by atoms with Gasteiger partial charge in [-0.05, 0) is 59.9 Å². The Labute approximate surface area is 166 Å². The van der Waals surface area contributed by atoms with Gasteiger partial charge in [0.1, 0.15) is 0 Å². The summed E-state index contributed by atoms with van der Waals surface area (Å²) in [6.07, 6.45) is 1.93. The zero-order valence-electron chi connectivity index (χ0n) is 16.0. The van der Waals surface area contributed by atoms with Gasteiger partial charge in [0.25, 0.3) is 0 Å². The summed E-state index contributed by atoms with van der Waals surface area (Å²) in [5, 5.41) is 0. The van der Waals surface area contributed by atoms with E-state index in [1.807, 2.05) is 30.5 Å². The second-order valence-electron chi connectivity index (χ2n) is 6.94. The molecule has 0 spiro atoms. The molecule has 0 aliphatic carbocycles. The summed E-state index contributed by atoms with van der Waals surface area (Å²) < 4.78 is 0. The van der Waals surface area contributed by atoms with Crippen LogP contribution in [0.5, 0.6) is 0 Å². The van der Waals surface area contributed by atoms with Crippen LogP contribution in [-0.2, 0) is 0 Å². The number of benzene rings is 3. The predicted octanol–water partition coefficient (Wildman–Crippen LogP) is 7.25. The average molecular weight is 360 g/mol. The first-order chi connectivity index (χ1) is 13.7. The molecule has 2 heteroatoms. The molecule has 134 valence electrons. The summed E-state index contributed by atoms with van der Waals surface area (Å²) in [6, 6.07) is 26.8. The fourth-order valence-corrected chi connectivity index (χ4v) is 3.45. The van der Waals surface area contributed by atoms with E-state index in [2.05, 4.69) is 73.3 Å². The fourth-order valence-electron chi connectivity index (χ4n) is 3.45. The van der Waals surface area contributed by atoms with E-state index in [1.165, 1.54) is 11.1 Å². The number of hydrogen-bond donors (Lipinski definition) is 0. The molecule has 0 N–H and O–H groups in total. The van der Waals surface area contributed by atoms with Gasteiger partial charge in [0.05, 0.1) is 12.3 Å². The Hall–Kier alpha value is -3.70. The highest BCUT2D eigenvalue weighted by molar-refractivity contribution is 5.77. The minimum atomic E-state index is 0.652. The van der Waals surface area contributed by atoms with Crippen molar-refractivity contribution in [2.24, 2.45) is 0 Å². The molecule has 0 saturated carbocycles. The van der Waals surface area contributed by atoms with Crippen LogP contribution in [0.4, 0.5) is 5.69 Å². The molecule has 0 saturated heterocycles. The minimum Gasteiger partial charge on any atom is -0.256 e. The molecule has 0 atom stereocenters. The second-order valence-corrected chi connectivity index (χ2v) is 6.94. The molecular weight excluding hydrogens is 340 g/mol.